The van der Waals surface area contributed by atoms with Gasteiger partial charge < -0.3 is 5.32 Å². The van der Waals surface area contributed by atoms with Crippen LogP contribution >= 0.6 is 15.9 Å². The number of aromatic nitrogens is 2. The average Bonchev–Trinajstić information content (AvgIpc) is 2.32. The molecule has 1 heterocycles. The Kier molecular flexibility index (Phi) is 3.38. The van der Waals surface area contributed by atoms with E-state index in [1.807, 2.05) is 13.0 Å². The monoisotopic (exact) mass is 295 g/mol. The molecule has 0 saturated heterocycles. The third-order valence-electron chi connectivity index (χ3n) is 2.29. The summed E-state index contributed by atoms with van der Waals surface area (Å²) in [6.07, 6.45) is 0. The molecule has 0 fully saturated rings. The summed E-state index contributed by atoms with van der Waals surface area (Å²) in [6, 6.07) is 6.57. The molecular formula is C12H11BrFN3. The number of hydrogen-bond acceptors (Lipinski definition) is 3. The van der Waals surface area contributed by atoms with Crippen LogP contribution in [0.15, 0.2) is 28.7 Å². The SMILES string of the molecule is CNc1cc(C)nc(-c2ccc(F)c(Br)c2)n1. The Morgan fingerprint density at radius 2 is 2.00 bits per heavy atom. The van der Waals surface area contributed by atoms with Crippen LogP contribution < -0.4 is 5.32 Å². The Morgan fingerprint density at radius 3 is 2.65 bits per heavy atom. The molecule has 5 heteroatoms. The van der Waals surface area contributed by atoms with Crippen LogP contribution in [0.2, 0.25) is 0 Å². The number of anilines is 1. The zero-order chi connectivity index (χ0) is 12.4. The van der Waals surface area contributed by atoms with E-state index in [0.717, 1.165) is 17.1 Å². The minimum absolute atomic E-state index is 0.296. The lowest BCUT2D eigenvalue weighted by Crippen LogP contribution is -1.98. The Morgan fingerprint density at radius 1 is 1.24 bits per heavy atom. The number of aryl methyl sites for hydroxylation is 1. The maximum atomic E-state index is 13.1. The number of benzene rings is 1. The van der Waals surface area contributed by atoms with Crippen LogP contribution in [0.3, 0.4) is 0 Å². The second-order valence-electron chi connectivity index (χ2n) is 3.60. The number of hydrogen-bond donors (Lipinski definition) is 1. The number of halogens is 2. The molecule has 0 aliphatic heterocycles. The summed E-state index contributed by atoms with van der Waals surface area (Å²) in [5.41, 5.74) is 1.64. The lowest BCUT2D eigenvalue weighted by molar-refractivity contribution is 0.621. The van der Waals surface area contributed by atoms with E-state index in [0.29, 0.717) is 10.3 Å². The predicted octanol–water partition coefficient (Wildman–Crippen LogP) is 3.40. The second kappa shape index (κ2) is 4.79. The van der Waals surface area contributed by atoms with E-state index in [4.69, 9.17) is 0 Å². The summed E-state index contributed by atoms with van der Waals surface area (Å²) in [7, 11) is 1.80. The number of nitrogens with zero attached hydrogens (tertiary/aromatic N) is 2. The Hall–Kier alpha value is -1.49. The molecule has 88 valence electrons. The molecule has 2 aromatic rings. The smallest absolute Gasteiger partial charge is 0.161 e. The third kappa shape index (κ3) is 2.61. The molecule has 0 aliphatic carbocycles. The molecule has 0 atom stereocenters. The largest absolute Gasteiger partial charge is 0.373 e. The minimum atomic E-state index is -0.296. The molecule has 2 rings (SSSR count). The average molecular weight is 296 g/mol. The van der Waals surface area contributed by atoms with E-state index in [1.54, 1.807) is 19.2 Å². The van der Waals surface area contributed by atoms with Crippen molar-refractivity contribution in [3.63, 3.8) is 0 Å². The highest BCUT2D eigenvalue weighted by Gasteiger charge is 2.07. The first kappa shape index (κ1) is 12.0. The fourth-order valence-corrected chi connectivity index (χ4v) is 1.84. The van der Waals surface area contributed by atoms with Crippen molar-refractivity contribution < 1.29 is 4.39 Å². The van der Waals surface area contributed by atoms with Gasteiger partial charge >= 0.3 is 0 Å². The topological polar surface area (TPSA) is 37.8 Å². The fraction of sp³-hybridized carbons (Fsp3) is 0.167. The van der Waals surface area contributed by atoms with Crippen molar-refractivity contribution in [2.75, 3.05) is 12.4 Å². The Balaban J connectivity index is 2.52. The van der Waals surface area contributed by atoms with Crippen molar-refractivity contribution in [1.82, 2.24) is 9.97 Å². The van der Waals surface area contributed by atoms with Gasteiger partial charge in [0.05, 0.1) is 4.47 Å². The van der Waals surface area contributed by atoms with Crippen LogP contribution in [-0.4, -0.2) is 17.0 Å². The maximum absolute atomic E-state index is 13.1. The first-order chi connectivity index (χ1) is 8.10. The molecule has 0 aliphatic rings. The van der Waals surface area contributed by atoms with Crippen molar-refractivity contribution in [3.05, 3.63) is 40.2 Å². The summed E-state index contributed by atoms with van der Waals surface area (Å²) in [6.45, 7) is 1.89. The first-order valence-electron chi connectivity index (χ1n) is 5.09. The summed E-state index contributed by atoms with van der Waals surface area (Å²) < 4.78 is 13.5. The van der Waals surface area contributed by atoms with Gasteiger partial charge in [-0.1, -0.05) is 0 Å². The van der Waals surface area contributed by atoms with Crippen LogP contribution in [0, 0.1) is 12.7 Å². The molecule has 0 spiro atoms. The van der Waals surface area contributed by atoms with E-state index >= 15 is 0 Å². The lowest BCUT2D eigenvalue weighted by atomic mass is 10.2. The standard InChI is InChI=1S/C12H11BrFN3/c1-7-5-11(15-2)17-12(16-7)8-3-4-10(14)9(13)6-8/h3-6H,1-2H3,(H,15,16,17). The second-order valence-corrected chi connectivity index (χ2v) is 4.45. The Bertz CT molecular complexity index is 557. The van der Waals surface area contributed by atoms with E-state index in [2.05, 4.69) is 31.2 Å². The van der Waals surface area contributed by atoms with E-state index in [-0.39, 0.29) is 5.82 Å². The van der Waals surface area contributed by atoms with Gasteiger partial charge in [-0.25, -0.2) is 14.4 Å². The lowest BCUT2D eigenvalue weighted by Gasteiger charge is -2.06. The first-order valence-corrected chi connectivity index (χ1v) is 5.88. The quantitative estimate of drug-likeness (QED) is 0.923. The number of rotatable bonds is 2. The summed E-state index contributed by atoms with van der Waals surface area (Å²) in [4.78, 5) is 8.66. The van der Waals surface area contributed by atoms with E-state index < -0.39 is 0 Å². The highest BCUT2D eigenvalue weighted by molar-refractivity contribution is 9.10. The van der Waals surface area contributed by atoms with Gasteiger partial charge in [-0.05, 0) is 41.1 Å². The summed E-state index contributed by atoms with van der Waals surface area (Å²) >= 11 is 3.15. The van der Waals surface area contributed by atoms with Gasteiger partial charge in [0.2, 0.25) is 0 Å². The molecule has 1 N–H and O–H groups in total. The molecule has 17 heavy (non-hydrogen) atoms. The normalized spacial score (nSPS) is 10.4. The van der Waals surface area contributed by atoms with Crippen molar-refractivity contribution in [2.24, 2.45) is 0 Å². The number of nitrogens with one attached hydrogen (secondary N) is 1. The predicted molar refractivity (Wildman–Crippen MR) is 69.4 cm³/mol. The zero-order valence-corrected chi connectivity index (χ0v) is 11.0. The molecule has 0 saturated carbocycles. The van der Waals surface area contributed by atoms with Crippen molar-refractivity contribution >= 4 is 21.7 Å². The van der Waals surface area contributed by atoms with Crippen molar-refractivity contribution in [3.8, 4) is 11.4 Å². The molecule has 0 bridgehead atoms. The van der Waals surface area contributed by atoms with Crippen LogP contribution in [0.25, 0.3) is 11.4 Å². The molecule has 0 radical (unpaired) electrons. The van der Waals surface area contributed by atoms with Gasteiger partial charge in [-0.15, -0.1) is 0 Å². The van der Waals surface area contributed by atoms with Crippen LogP contribution in [0.4, 0.5) is 10.2 Å². The Labute approximate surface area is 107 Å². The summed E-state index contributed by atoms with van der Waals surface area (Å²) in [5, 5.41) is 2.97. The third-order valence-corrected chi connectivity index (χ3v) is 2.90. The molecule has 0 unspecified atom stereocenters. The summed E-state index contributed by atoms with van der Waals surface area (Å²) in [5.74, 6) is 1.03. The van der Waals surface area contributed by atoms with Gasteiger partial charge in [0.25, 0.3) is 0 Å². The highest BCUT2D eigenvalue weighted by Crippen LogP contribution is 2.23. The maximum Gasteiger partial charge on any atom is 0.161 e. The minimum Gasteiger partial charge on any atom is -0.373 e. The highest BCUT2D eigenvalue weighted by atomic mass is 79.9. The van der Waals surface area contributed by atoms with Gasteiger partial charge in [-0.3, -0.25) is 0 Å². The molecular weight excluding hydrogens is 285 g/mol. The zero-order valence-electron chi connectivity index (χ0n) is 9.46. The molecule has 0 amide bonds. The molecule has 3 nitrogen and oxygen atoms in total. The van der Waals surface area contributed by atoms with E-state index in [9.17, 15) is 4.39 Å². The van der Waals surface area contributed by atoms with Gasteiger partial charge in [0.15, 0.2) is 5.82 Å². The van der Waals surface area contributed by atoms with Crippen LogP contribution in [0.1, 0.15) is 5.69 Å². The fourth-order valence-electron chi connectivity index (χ4n) is 1.46. The van der Waals surface area contributed by atoms with Gasteiger partial charge in [0, 0.05) is 24.4 Å². The molecule has 1 aromatic heterocycles. The van der Waals surface area contributed by atoms with Crippen molar-refractivity contribution in [1.29, 1.82) is 0 Å². The van der Waals surface area contributed by atoms with Crippen LogP contribution in [-0.2, 0) is 0 Å². The van der Waals surface area contributed by atoms with Crippen LogP contribution in [0.5, 0.6) is 0 Å². The van der Waals surface area contributed by atoms with Crippen molar-refractivity contribution in [2.45, 2.75) is 6.92 Å². The molecule has 1 aromatic carbocycles. The van der Waals surface area contributed by atoms with Gasteiger partial charge in [-0.2, -0.15) is 0 Å². The van der Waals surface area contributed by atoms with E-state index in [1.165, 1.54) is 6.07 Å². The van der Waals surface area contributed by atoms with Gasteiger partial charge in [0.1, 0.15) is 11.6 Å².